The molecule has 1 N–H and O–H groups in total. The van der Waals surface area contributed by atoms with Crippen molar-refractivity contribution in [3.05, 3.63) is 120 Å². The minimum atomic E-state index is 0.975. The highest BCUT2D eigenvalue weighted by Crippen LogP contribution is 2.18. The number of benzene rings is 2. The van der Waals surface area contributed by atoms with Crippen LogP contribution in [-0.2, 0) is 0 Å². The molecule has 4 nitrogen and oxygen atoms in total. The van der Waals surface area contributed by atoms with Crippen molar-refractivity contribution in [1.82, 2.24) is 4.98 Å². The molecule has 0 fully saturated rings. The number of rotatable bonds is 15. The average molecular weight is 522 g/mol. The van der Waals surface area contributed by atoms with Gasteiger partial charge in [-0.2, -0.15) is 0 Å². The van der Waals surface area contributed by atoms with Gasteiger partial charge >= 0.3 is 0 Å². The van der Waals surface area contributed by atoms with Crippen LogP contribution in [0.3, 0.4) is 0 Å². The molecular weight excluding hydrogens is 476 g/mol. The van der Waals surface area contributed by atoms with Crippen LogP contribution in [0.4, 0.5) is 11.4 Å². The first-order valence-corrected chi connectivity index (χ1v) is 14.0. The van der Waals surface area contributed by atoms with E-state index < -0.39 is 0 Å². The van der Waals surface area contributed by atoms with Gasteiger partial charge in [-0.3, -0.25) is 4.98 Å². The molecule has 3 aromatic rings. The molecule has 0 bridgehead atoms. The molecule has 0 saturated heterocycles. The number of hydrogen-bond donors (Lipinski definition) is 1. The highest BCUT2D eigenvalue weighted by molar-refractivity contribution is 5.69. The van der Waals surface area contributed by atoms with E-state index in [2.05, 4.69) is 122 Å². The van der Waals surface area contributed by atoms with Gasteiger partial charge in [-0.05, 0) is 84.7 Å². The monoisotopic (exact) mass is 521 g/mol. The number of pyridine rings is 1. The topological polar surface area (TPSA) is 23.8 Å². The molecule has 0 aliphatic rings. The fraction of sp³-hybridized carbons (Fsp3) is 0.286. The number of nitrogens with zero attached hydrogens (tertiary/aromatic N) is 3. The smallest absolute Gasteiger partial charge is 0.130 e. The van der Waals surface area contributed by atoms with Crippen LogP contribution in [0.1, 0.15) is 42.5 Å². The van der Waals surface area contributed by atoms with Crippen LogP contribution < -0.4 is 14.7 Å². The van der Waals surface area contributed by atoms with Crippen molar-refractivity contribution >= 4 is 29.6 Å². The first-order valence-electron chi connectivity index (χ1n) is 14.0. The van der Waals surface area contributed by atoms with Gasteiger partial charge in [-0.15, -0.1) is 0 Å². The average Bonchev–Trinajstić information content (AvgIpc) is 2.96. The number of anilines is 2. The number of aromatic nitrogens is 1. The van der Waals surface area contributed by atoms with Crippen molar-refractivity contribution in [2.75, 3.05) is 51.1 Å². The Morgan fingerprint density at radius 2 is 1.31 bits per heavy atom. The molecule has 4 heteroatoms. The van der Waals surface area contributed by atoms with Crippen LogP contribution in [0.15, 0.2) is 103 Å². The third-order valence-electron chi connectivity index (χ3n) is 6.87. The summed E-state index contributed by atoms with van der Waals surface area (Å²) in [6.07, 6.45) is 19.1. The largest absolute Gasteiger partial charge is 0.375 e. The van der Waals surface area contributed by atoms with Gasteiger partial charge in [0.2, 0.25) is 0 Å². The first kappa shape index (κ1) is 29.7. The lowest BCUT2D eigenvalue weighted by atomic mass is 10.1. The lowest BCUT2D eigenvalue weighted by molar-refractivity contribution is -0.813. The lowest BCUT2D eigenvalue weighted by Gasteiger charge is -2.20. The molecule has 1 heterocycles. The van der Waals surface area contributed by atoms with Gasteiger partial charge in [0.05, 0.1) is 19.8 Å². The van der Waals surface area contributed by atoms with Crippen molar-refractivity contribution in [2.45, 2.75) is 25.7 Å². The van der Waals surface area contributed by atoms with Gasteiger partial charge in [0.15, 0.2) is 0 Å². The first-order chi connectivity index (χ1) is 19.0. The SMILES string of the molecule is C=C/C=C(/C=C/c1ccc(N(C)CCCCCCN(C)c2ccc(/C=C/c3ccccn3)cc2)cc1)[NH+](C)C. The summed E-state index contributed by atoms with van der Waals surface area (Å²) in [6.45, 7) is 5.97. The molecule has 0 atom stereocenters. The van der Waals surface area contributed by atoms with E-state index in [4.69, 9.17) is 0 Å². The summed E-state index contributed by atoms with van der Waals surface area (Å²) in [6, 6.07) is 23.5. The highest BCUT2D eigenvalue weighted by atomic mass is 15.1. The Hall–Kier alpha value is -3.89. The van der Waals surface area contributed by atoms with Gasteiger partial charge in [0.1, 0.15) is 5.70 Å². The maximum atomic E-state index is 4.34. The molecule has 0 aliphatic heterocycles. The molecular formula is C35H45N4+. The Bertz CT molecular complexity index is 1210. The molecule has 0 unspecified atom stereocenters. The van der Waals surface area contributed by atoms with E-state index in [0.717, 1.165) is 18.8 Å². The van der Waals surface area contributed by atoms with Crippen LogP contribution in [-0.4, -0.2) is 46.3 Å². The summed E-state index contributed by atoms with van der Waals surface area (Å²) >= 11 is 0. The second-order valence-corrected chi connectivity index (χ2v) is 10.2. The standard InChI is InChI=1S/C35H44N4/c1-6-13-33(37(2)3)22-16-31-19-25-35(26-20-31)39(5)29-12-8-7-11-28-38(4)34-23-17-30(18-24-34)15-21-32-14-9-10-27-36-32/h6,9-10,13-27H,1,7-8,11-12,28-29H2,2-5H3/p+1/b21-15+,22-16+,33-13-. The minimum absolute atomic E-state index is 0.975. The van der Waals surface area contributed by atoms with Gasteiger partial charge in [0, 0.05) is 44.8 Å². The Morgan fingerprint density at radius 3 is 1.79 bits per heavy atom. The molecule has 3 rings (SSSR count). The fourth-order valence-corrected chi connectivity index (χ4v) is 4.35. The molecule has 2 aromatic carbocycles. The third-order valence-corrected chi connectivity index (χ3v) is 6.87. The molecule has 0 saturated carbocycles. The van der Waals surface area contributed by atoms with Crippen LogP contribution in [0.25, 0.3) is 18.2 Å². The summed E-state index contributed by atoms with van der Waals surface area (Å²) in [4.78, 5) is 10.3. The van der Waals surface area contributed by atoms with Gasteiger partial charge < -0.3 is 14.7 Å². The predicted octanol–water partition coefficient (Wildman–Crippen LogP) is 6.61. The van der Waals surface area contributed by atoms with Gasteiger partial charge in [-0.1, -0.05) is 61.9 Å². The maximum absolute atomic E-state index is 4.34. The quantitative estimate of drug-likeness (QED) is 0.180. The molecule has 0 amide bonds. The molecule has 0 radical (unpaired) electrons. The van der Waals surface area contributed by atoms with Crippen LogP contribution >= 0.6 is 0 Å². The highest BCUT2D eigenvalue weighted by Gasteiger charge is 2.04. The van der Waals surface area contributed by atoms with Crippen molar-refractivity contribution in [2.24, 2.45) is 0 Å². The van der Waals surface area contributed by atoms with Crippen molar-refractivity contribution in [3.63, 3.8) is 0 Å². The Morgan fingerprint density at radius 1 is 0.744 bits per heavy atom. The van der Waals surface area contributed by atoms with E-state index in [0.29, 0.717) is 0 Å². The Balaban J connectivity index is 1.34. The predicted molar refractivity (Wildman–Crippen MR) is 171 cm³/mol. The Kier molecular flexibility index (Phi) is 12.3. The molecule has 39 heavy (non-hydrogen) atoms. The molecule has 0 aliphatic carbocycles. The van der Waals surface area contributed by atoms with Crippen molar-refractivity contribution < 1.29 is 4.90 Å². The second-order valence-electron chi connectivity index (χ2n) is 10.2. The number of unbranched alkanes of at least 4 members (excludes halogenated alkanes) is 3. The zero-order valence-electron chi connectivity index (χ0n) is 24.2. The van der Waals surface area contributed by atoms with Crippen LogP contribution in [0, 0.1) is 0 Å². The van der Waals surface area contributed by atoms with E-state index in [9.17, 15) is 0 Å². The van der Waals surface area contributed by atoms with Crippen LogP contribution in [0.2, 0.25) is 0 Å². The summed E-state index contributed by atoms with van der Waals surface area (Å²) < 4.78 is 0. The summed E-state index contributed by atoms with van der Waals surface area (Å²) in [5.74, 6) is 0. The zero-order valence-corrected chi connectivity index (χ0v) is 24.2. The normalized spacial score (nSPS) is 12.0. The fourth-order valence-electron chi connectivity index (χ4n) is 4.35. The van der Waals surface area contributed by atoms with E-state index in [-0.39, 0.29) is 0 Å². The lowest BCUT2D eigenvalue weighted by Crippen LogP contribution is -3.03. The minimum Gasteiger partial charge on any atom is -0.375 e. The van der Waals surface area contributed by atoms with Gasteiger partial charge in [0.25, 0.3) is 0 Å². The maximum Gasteiger partial charge on any atom is 0.130 e. The number of hydrogen-bond acceptors (Lipinski definition) is 3. The van der Waals surface area contributed by atoms with E-state index in [1.807, 2.05) is 36.5 Å². The number of nitrogens with one attached hydrogen (secondary N) is 1. The third kappa shape index (κ3) is 10.4. The second kappa shape index (κ2) is 16.2. The zero-order chi connectivity index (χ0) is 27.9. The number of likely N-dealkylation sites (N-methyl/N-ethyl adjacent to an activating group) is 1. The van der Waals surface area contributed by atoms with Crippen LogP contribution in [0.5, 0.6) is 0 Å². The van der Waals surface area contributed by atoms with Crippen molar-refractivity contribution in [1.29, 1.82) is 0 Å². The van der Waals surface area contributed by atoms with E-state index in [1.54, 1.807) is 0 Å². The van der Waals surface area contributed by atoms with E-state index >= 15 is 0 Å². The summed E-state index contributed by atoms with van der Waals surface area (Å²) in [5, 5.41) is 0. The van der Waals surface area contributed by atoms with Crippen molar-refractivity contribution in [3.8, 4) is 0 Å². The molecule has 1 aromatic heterocycles. The molecule has 0 spiro atoms. The van der Waals surface area contributed by atoms with Gasteiger partial charge in [-0.25, -0.2) is 0 Å². The Labute approximate surface area is 236 Å². The summed E-state index contributed by atoms with van der Waals surface area (Å²) in [5.41, 5.74) is 7.11. The summed E-state index contributed by atoms with van der Waals surface area (Å²) in [7, 11) is 8.62. The van der Waals surface area contributed by atoms with E-state index in [1.165, 1.54) is 58.8 Å². The number of quaternary nitrogens is 1. The molecule has 204 valence electrons. The number of allylic oxidation sites excluding steroid dienone is 3.